The molecule has 0 aromatic heterocycles. The van der Waals surface area contributed by atoms with E-state index in [-0.39, 0.29) is 5.79 Å². The zero-order chi connectivity index (χ0) is 12.7. The van der Waals surface area contributed by atoms with Crippen LogP contribution in [0.4, 0.5) is 0 Å². The van der Waals surface area contributed by atoms with Crippen molar-refractivity contribution in [1.29, 1.82) is 0 Å². The van der Waals surface area contributed by atoms with E-state index in [1.165, 1.54) is 0 Å². The molecule has 0 unspecified atom stereocenters. The van der Waals surface area contributed by atoms with Gasteiger partial charge in [0.25, 0.3) is 0 Å². The minimum Gasteiger partial charge on any atom is -0.385 e. The van der Waals surface area contributed by atoms with E-state index in [2.05, 4.69) is 4.90 Å². The monoisotopic (exact) mass is 259 g/mol. The van der Waals surface area contributed by atoms with Gasteiger partial charge >= 0.3 is 0 Å². The molecule has 5 nitrogen and oxygen atoms in total. The van der Waals surface area contributed by atoms with E-state index in [0.29, 0.717) is 0 Å². The first kappa shape index (κ1) is 14.2. The van der Waals surface area contributed by atoms with E-state index in [0.717, 1.165) is 71.9 Å². The number of ether oxygens (including phenoxy) is 4. The fraction of sp³-hybridized carbons (Fsp3) is 1.00. The third-order valence-corrected chi connectivity index (χ3v) is 3.62. The molecule has 0 amide bonds. The summed E-state index contributed by atoms with van der Waals surface area (Å²) in [4.78, 5) is 2.42. The van der Waals surface area contributed by atoms with Gasteiger partial charge in [-0.3, -0.25) is 0 Å². The molecule has 1 spiro atoms. The number of piperidine rings is 1. The molecule has 2 aliphatic heterocycles. The van der Waals surface area contributed by atoms with Gasteiger partial charge in [-0.2, -0.15) is 0 Å². The normalized spacial score (nSPS) is 23.8. The van der Waals surface area contributed by atoms with Crippen molar-refractivity contribution in [2.45, 2.75) is 25.0 Å². The smallest absolute Gasteiger partial charge is 0.170 e. The van der Waals surface area contributed by atoms with Gasteiger partial charge in [0.05, 0.1) is 19.8 Å². The summed E-state index contributed by atoms with van der Waals surface area (Å²) in [6, 6.07) is 0. The third-order valence-electron chi connectivity index (χ3n) is 3.62. The number of nitrogens with zero attached hydrogens (tertiary/aromatic N) is 1. The highest BCUT2D eigenvalue weighted by Crippen LogP contribution is 2.30. The summed E-state index contributed by atoms with van der Waals surface area (Å²) in [6.07, 6.45) is 2.94. The van der Waals surface area contributed by atoms with Gasteiger partial charge in [-0.15, -0.1) is 0 Å². The lowest BCUT2D eigenvalue weighted by molar-refractivity contribution is -0.185. The highest BCUT2D eigenvalue weighted by molar-refractivity contribution is 4.82. The minimum absolute atomic E-state index is 0.254. The van der Waals surface area contributed by atoms with Crippen LogP contribution in [0.2, 0.25) is 0 Å². The summed E-state index contributed by atoms with van der Waals surface area (Å²) >= 11 is 0. The molecule has 106 valence electrons. The summed E-state index contributed by atoms with van der Waals surface area (Å²) in [5, 5.41) is 0. The van der Waals surface area contributed by atoms with Crippen LogP contribution in [0.3, 0.4) is 0 Å². The van der Waals surface area contributed by atoms with E-state index < -0.39 is 0 Å². The largest absolute Gasteiger partial charge is 0.385 e. The van der Waals surface area contributed by atoms with Crippen LogP contribution >= 0.6 is 0 Å². The molecular weight excluding hydrogens is 234 g/mol. The first-order valence-electron chi connectivity index (χ1n) is 6.92. The molecule has 2 heterocycles. The van der Waals surface area contributed by atoms with Crippen molar-refractivity contribution in [3.05, 3.63) is 0 Å². The number of likely N-dealkylation sites (tertiary alicyclic amines) is 1. The molecule has 2 fully saturated rings. The van der Waals surface area contributed by atoms with Gasteiger partial charge in [-0.05, 0) is 6.42 Å². The van der Waals surface area contributed by atoms with Gasteiger partial charge in [0, 0.05) is 52.8 Å². The number of rotatable bonds is 7. The van der Waals surface area contributed by atoms with Crippen molar-refractivity contribution in [3.8, 4) is 0 Å². The van der Waals surface area contributed by atoms with Crippen LogP contribution in [0.5, 0.6) is 0 Å². The van der Waals surface area contributed by atoms with E-state index in [1.54, 1.807) is 7.11 Å². The van der Waals surface area contributed by atoms with Gasteiger partial charge < -0.3 is 23.8 Å². The Labute approximate surface area is 109 Å². The predicted molar refractivity (Wildman–Crippen MR) is 67.6 cm³/mol. The van der Waals surface area contributed by atoms with Gasteiger partial charge in [-0.25, -0.2) is 0 Å². The Kier molecular flexibility index (Phi) is 5.85. The van der Waals surface area contributed by atoms with Gasteiger partial charge in [0.1, 0.15) is 0 Å². The summed E-state index contributed by atoms with van der Waals surface area (Å²) in [7, 11) is 1.72. The number of hydrogen-bond acceptors (Lipinski definition) is 5. The van der Waals surface area contributed by atoms with Crippen molar-refractivity contribution >= 4 is 0 Å². The molecule has 0 saturated carbocycles. The predicted octanol–water partition coefficient (Wildman–Crippen LogP) is 0.878. The SMILES string of the molecule is COCCCOCCN1CCC2(CC1)OCCO2. The van der Waals surface area contributed by atoms with Crippen LogP contribution in [0.15, 0.2) is 0 Å². The van der Waals surface area contributed by atoms with Crippen LogP contribution in [-0.4, -0.2) is 70.5 Å². The Morgan fingerprint density at radius 3 is 2.44 bits per heavy atom. The molecule has 0 aromatic carbocycles. The maximum absolute atomic E-state index is 5.71. The quantitative estimate of drug-likeness (QED) is 0.635. The van der Waals surface area contributed by atoms with E-state index in [4.69, 9.17) is 18.9 Å². The second kappa shape index (κ2) is 7.40. The Balaban J connectivity index is 1.51. The molecule has 0 bridgehead atoms. The molecular formula is C13H25NO4. The fourth-order valence-corrected chi connectivity index (χ4v) is 2.50. The Hall–Kier alpha value is -0.200. The van der Waals surface area contributed by atoms with Gasteiger partial charge in [0.2, 0.25) is 0 Å². The third kappa shape index (κ3) is 4.17. The summed E-state index contributed by atoms with van der Waals surface area (Å²) < 4.78 is 22.0. The lowest BCUT2D eigenvalue weighted by atomic mass is 10.0. The van der Waals surface area contributed by atoms with Crippen molar-refractivity contribution in [1.82, 2.24) is 4.90 Å². The maximum atomic E-state index is 5.71. The van der Waals surface area contributed by atoms with Crippen LogP contribution in [-0.2, 0) is 18.9 Å². The fourth-order valence-electron chi connectivity index (χ4n) is 2.50. The zero-order valence-corrected chi connectivity index (χ0v) is 11.4. The second-order valence-electron chi connectivity index (χ2n) is 4.91. The van der Waals surface area contributed by atoms with Crippen LogP contribution in [0.1, 0.15) is 19.3 Å². The van der Waals surface area contributed by atoms with Gasteiger partial charge in [-0.1, -0.05) is 0 Å². The molecule has 0 radical (unpaired) electrons. The highest BCUT2D eigenvalue weighted by atomic mass is 16.7. The average Bonchev–Trinajstić information content (AvgIpc) is 2.85. The molecule has 2 rings (SSSR count). The Morgan fingerprint density at radius 2 is 1.78 bits per heavy atom. The van der Waals surface area contributed by atoms with E-state index >= 15 is 0 Å². The van der Waals surface area contributed by atoms with Crippen molar-refractivity contribution in [2.24, 2.45) is 0 Å². The number of methoxy groups -OCH3 is 1. The molecule has 2 aliphatic rings. The molecule has 18 heavy (non-hydrogen) atoms. The molecule has 0 aliphatic carbocycles. The second-order valence-corrected chi connectivity index (χ2v) is 4.91. The molecule has 0 aromatic rings. The van der Waals surface area contributed by atoms with Crippen molar-refractivity contribution in [2.75, 3.05) is 59.8 Å². The standard InChI is InChI=1S/C13H25NO4/c1-15-8-2-9-16-10-7-14-5-3-13(4-6-14)17-11-12-18-13/h2-12H2,1H3. The van der Waals surface area contributed by atoms with E-state index in [1.807, 2.05) is 0 Å². The van der Waals surface area contributed by atoms with Crippen LogP contribution in [0, 0.1) is 0 Å². The minimum atomic E-state index is -0.254. The highest BCUT2D eigenvalue weighted by Gasteiger charge is 2.39. The summed E-state index contributed by atoms with van der Waals surface area (Å²) in [6.45, 7) is 6.97. The first-order valence-corrected chi connectivity index (χ1v) is 6.92. The molecule has 0 atom stereocenters. The molecule has 5 heteroatoms. The van der Waals surface area contributed by atoms with Crippen LogP contribution < -0.4 is 0 Å². The lowest BCUT2D eigenvalue weighted by Gasteiger charge is -2.37. The van der Waals surface area contributed by atoms with Crippen molar-refractivity contribution in [3.63, 3.8) is 0 Å². The van der Waals surface area contributed by atoms with E-state index in [9.17, 15) is 0 Å². The summed E-state index contributed by atoms with van der Waals surface area (Å²) in [5.41, 5.74) is 0. The average molecular weight is 259 g/mol. The van der Waals surface area contributed by atoms with Crippen LogP contribution in [0.25, 0.3) is 0 Å². The Morgan fingerprint density at radius 1 is 1.06 bits per heavy atom. The lowest BCUT2D eigenvalue weighted by Crippen LogP contribution is -2.46. The summed E-state index contributed by atoms with van der Waals surface area (Å²) in [5.74, 6) is -0.254. The molecule has 2 saturated heterocycles. The molecule has 0 N–H and O–H groups in total. The first-order chi connectivity index (χ1) is 8.85. The van der Waals surface area contributed by atoms with Gasteiger partial charge in [0.15, 0.2) is 5.79 Å². The topological polar surface area (TPSA) is 40.2 Å². The maximum Gasteiger partial charge on any atom is 0.170 e. The number of hydrogen-bond donors (Lipinski definition) is 0. The zero-order valence-electron chi connectivity index (χ0n) is 11.4. The van der Waals surface area contributed by atoms with Crippen molar-refractivity contribution < 1.29 is 18.9 Å². The Bertz CT molecular complexity index is 221.